The van der Waals surface area contributed by atoms with Gasteiger partial charge in [0.15, 0.2) is 6.29 Å². The molecule has 46 heavy (non-hydrogen) atoms. The summed E-state index contributed by atoms with van der Waals surface area (Å²) < 4.78 is 16.4. The van der Waals surface area contributed by atoms with E-state index in [9.17, 15) is 4.79 Å². The van der Waals surface area contributed by atoms with Crippen molar-refractivity contribution in [2.75, 3.05) is 6.61 Å². The highest BCUT2D eigenvalue weighted by Gasteiger charge is 2.23. The van der Waals surface area contributed by atoms with Gasteiger partial charge in [-0.05, 0) is 117 Å². The van der Waals surface area contributed by atoms with Crippen LogP contribution in [0.25, 0.3) is 0 Å². The van der Waals surface area contributed by atoms with Gasteiger partial charge in [-0.3, -0.25) is 4.79 Å². The first-order valence-corrected chi connectivity index (χ1v) is 17.6. The van der Waals surface area contributed by atoms with E-state index in [0.717, 1.165) is 50.7 Å². The van der Waals surface area contributed by atoms with Gasteiger partial charge in [-0.25, -0.2) is 0 Å². The van der Waals surface area contributed by atoms with Crippen molar-refractivity contribution in [3.8, 4) is 17.2 Å². The van der Waals surface area contributed by atoms with Crippen molar-refractivity contribution in [2.45, 2.75) is 131 Å². The summed E-state index contributed by atoms with van der Waals surface area (Å²) >= 11 is 0. The molecule has 1 aliphatic rings. The summed E-state index contributed by atoms with van der Waals surface area (Å²) in [5.74, 6) is 3.73. The van der Waals surface area contributed by atoms with Gasteiger partial charge in [0.05, 0.1) is 5.92 Å². The maximum absolute atomic E-state index is 12.0. The van der Waals surface area contributed by atoms with Gasteiger partial charge in [0.2, 0.25) is 0 Å². The van der Waals surface area contributed by atoms with Crippen molar-refractivity contribution in [3.63, 3.8) is 0 Å². The molecule has 0 saturated heterocycles. The van der Waals surface area contributed by atoms with Crippen LogP contribution in [0.2, 0.25) is 0 Å². The molecule has 1 saturated carbocycles. The molecule has 0 bridgehead atoms. The Kier molecular flexibility index (Phi) is 18.1. The number of esters is 1. The second-order valence-electron chi connectivity index (χ2n) is 12.6. The van der Waals surface area contributed by atoms with Crippen molar-refractivity contribution < 1.29 is 24.1 Å². The third-order valence-electron chi connectivity index (χ3n) is 9.06. The number of benzene rings is 3. The second kappa shape index (κ2) is 21.5. The summed E-state index contributed by atoms with van der Waals surface area (Å²) in [5, 5.41) is 9.01. The Labute approximate surface area is 279 Å². The Bertz CT molecular complexity index is 1210. The fraction of sp³-hybridized carbons (Fsp3) is 0.537. The predicted octanol–water partition coefficient (Wildman–Crippen LogP) is 11.6. The predicted molar refractivity (Wildman–Crippen MR) is 191 cm³/mol. The molecule has 0 heterocycles. The first-order valence-electron chi connectivity index (χ1n) is 17.6. The second-order valence-corrected chi connectivity index (χ2v) is 12.6. The zero-order chi connectivity index (χ0) is 33.9. The summed E-state index contributed by atoms with van der Waals surface area (Å²) in [5.41, 5.74) is 3.96. The topological polar surface area (TPSA) is 65.0 Å². The third kappa shape index (κ3) is 14.0. The number of hydrogen-bond acceptors (Lipinski definition) is 5. The lowest BCUT2D eigenvalue weighted by Gasteiger charge is -2.19. The first-order chi connectivity index (χ1) is 22.1. The van der Waals surface area contributed by atoms with Gasteiger partial charge < -0.3 is 19.3 Å². The number of aromatic hydroxyl groups is 1. The minimum absolute atomic E-state index is 0.0454. The van der Waals surface area contributed by atoms with Crippen molar-refractivity contribution in [3.05, 3.63) is 89.5 Å². The van der Waals surface area contributed by atoms with E-state index in [4.69, 9.17) is 19.3 Å². The lowest BCUT2D eigenvalue weighted by molar-refractivity contribution is -0.140. The highest BCUT2D eigenvalue weighted by Crippen LogP contribution is 2.27. The molecule has 4 atom stereocenters. The molecule has 0 radical (unpaired) electrons. The average Bonchev–Trinajstić information content (AvgIpc) is 3.09. The van der Waals surface area contributed by atoms with Gasteiger partial charge >= 0.3 is 5.97 Å². The lowest BCUT2D eigenvalue weighted by Crippen LogP contribution is -2.22. The van der Waals surface area contributed by atoms with E-state index in [1.807, 2.05) is 50.2 Å². The minimum atomic E-state index is -0.181. The molecular formula is C41H60O5. The van der Waals surface area contributed by atoms with Gasteiger partial charge in [-0.2, -0.15) is 0 Å². The van der Waals surface area contributed by atoms with Crippen LogP contribution in [-0.2, 0) is 9.53 Å². The Balaban J connectivity index is 0.000000249. The zero-order valence-electron chi connectivity index (χ0n) is 29.8. The molecule has 1 aliphatic carbocycles. The van der Waals surface area contributed by atoms with E-state index < -0.39 is 0 Å². The van der Waals surface area contributed by atoms with Crippen molar-refractivity contribution in [1.29, 1.82) is 0 Å². The molecule has 0 spiro atoms. The molecule has 254 valence electrons. The highest BCUT2D eigenvalue weighted by atomic mass is 16.7. The van der Waals surface area contributed by atoms with Crippen LogP contribution >= 0.6 is 0 Å². The molecule has 3 aromatic carbocycles. The van der Waals surface area contributed by atoms with E-state index >= 15 is 0 Å². The monoisotopic (exact) mass is 632 g/mol. The fourth-order valence-corrected chi connectivity index (χ4v) is 5.25. The van der Waals surface area contributed by atoms with Crippen molar-refractivity contribution >= 4 is 5.97 Å². The maximum atomic E-state index is 12.0. The molecule has 4 unspecified atom stereocenters. The van der Waals surface area contributed by atoms with Crippen LogP contribution in [0.15, 0.2) is 72.8 Å². The van der Waals surface area contributed by atoms with E-state index in [2.05, 4.69) is 65.8 Å². The molecule has 3 aromatic rings. The summed E-state index contributed by atoms with van der Waals surface area (Å²) in [6.45, 7) is 17.7. The van der Waals surface area contributed by atoms with Crippen LogP contribution < -0.4 is 9.47 Å². The normalized spacial score (nSPS) is 15.6. The molecule has 4 rings (SSSR count). The Morgan fingerprint density at radius 1 is 0.652 bits per heavy atom. The fourth-order valence-electron chi connectivity index (χ4n) is 5.25. The summed E-state index contributed by atoms with van der Waals surface area (Å²) in [6, 6.07) is 23.7. The molecule has 5 nitrogen and oxygen atoms in total. The number of hydrogen-bond donors (Lipinski definition) is 1. The standard InChI is InChI=1S/C17H24O2.C14H22O2.C10H14O/c1-3-13(2)14-9-11-16(12-10-14)19-17(18)15-7-5-4-6-8-15;1-5-11(3)13-7-9-14(10-8-13)16-12(4)15-6-2;1-3-8(2)9-4-6-10(11)7-5-9/h9-13,15H,3-8H2,1-2H3;7-12H,5-6H2,1-4H3;4-8,11H,3H2,1-2H3. The summed E-state index contributed by atoms with van der Waals surface area (Å²) in [6.07, 6.45) is 8.81. The number of carbonyl (C=O) groups is 1. The van der Waals surface area contributed by atoms with Crippen molar-refractivity contribution in [1.82, 2.24) is 0 Å². The Hall–Kier alpha value is -3.31. The number of carbonyl (C=O) groups excluding carboxylic acids is 1. The average molecular weight is 633 g/mol. The van der Waals surface area contributed by atoms with Gasteiger partial charge in [-0.15, -0.1) is 0 Å². The number of phenols is 1. The van der Waals surface area contributed by atoms with Gasteiger partial charge in [0, 0.05) is 6.61 Å². The SMILES string of the molecule is CCC(C)c1ccc(O)cc1.CCC(C)c1ccc(OC(=O)C2CCCCC2)cc1.CCOC(C)Oc1ccc(C(C)CC)cc1. The van der Waals surface area contributed by atoms with Crippen molar-refractivity contribution in [2.24, 2.45) is 5.92 Å². The quantitative estimate of drug-likeness (QED) is 0.122. The smallest absolute Gasteiger partial charge is 0.314 e. The van der Waals surface area contributed by atoms with Crippen LogP contribution in [0.1, 0.15) is 141 Å². The Morgan fingerprint density at radius 2 is 1.07 bits per heavy atom. The van der Waals surface area contributed by atoms with Gasteiger partial charge in [0.1, 0.15) is 17.2 Å². The number of rotatable bonds is 12. The van der Waals surface area contributed by atoms with Gasteiger partial charge in [-0.1, -0.05) is 97.2 Å². The molecule has 0 aromatic heterocycles. The maximum Gasteiger partial charge on any atom is 0.314 e. The molecule has 0 amide bonds. The third-order valence-corrected chi connectivity index (χ3v) is 9.06. The highest BCUT2D eigenvalue weighted by molar-refractivity contribution is 5.75. The molecular weight excluding hydrogens is 572 g/mol. The van der Waals surface area contributed by atoms with Crippen LogP contribution in [0, 0.1) is 5.92 Å². The van der Waals surface area contributed by atoms with E-state index in [-0.39, 0.29) is 18.2 Å². The first kappa shape index (κ1) is 38.9. The number of ether oxygens (including phenoxy) is 3. The molecule has 1 fully saturated rings. The molecule has 0 aliphatic heterocycles. The van der Waals surface area contributed by atoms with Gasteiger partial charge in [0.25, 0.3) is 0 Å². The van der Waals surface area contributed by atoms with Crippen LogP contribution in [0.4, 0.5) is 0 Å². The molecule has 1 N–H and O–H groups in total. The summed E-state index contributed by atoms with van der Waals surface area (Å²) in [4.78, 5) is 12.0. The van der Waals surface area contributed by atoms with E-state index in [0.29, 0.717) is 35.9 Å². The Morgan fingerprint density at radius 3 is 1.48 bits per heavy atom. The summed E-state index contributed by atoms with van der Waals surface area (Å²) in [7, 11) is 0. The lowest BCUT2D eigenvalue weighted by atomic mass is 9.89. The zero-order valence-corrected chi connectivity index (χ0v) is 29.8. The molecule has 5 heteroatoms. The largest absolute Gasteiger partial charge is 0.508 e. The minimum Gasteiger partial charge on any atom is -0.508 e. The van der Waals surface area contributed by atoms with E-state index in [1.54, 1.807) is 12.1 Å². The van der Waals surface area contributed by atoms with E-state index in [1.165, 1.54) is 23.1 Å². The van der Waals surface area contributed by atoms with Crippen LogP contribution in [-0.4, -0.2) is 24.0 Å². The van der Waals surface area contributed by atoms with Crippen LogP contribution in [0.5, 0.6) is 17.2 Å². The van der Waals surface area contributed by atoms with Crippen LogP contribution in [0.3, 0.4) is 0 Å². The number of phenolic OH excluding ortho intramolecular Hbond substituents is 1.